The van der Waals surface area contributed by atoms with Crippen LogP contribution < -0.4 is 0 Å². The molecular weight excluding hydrogens is 286 g/mol. The third-order valence-corrected chi connectivity index (χ3v) is 4.38. The number of carbonyl (C=O) groups is 1. The van der Waals surface area contributed by atoms with Crippen LogP contribution in [0, 0.1) is 13.8 Å². The van der Waals surface area contributed by atoms with Crippen molar-refractivity contribution in [1.29, 1.82) is 0 Å². The summed E-state index contributed by atoms with van der Waals surface area (Å²) in [7, 11) is 0. The smallest absolute Gasteiger partial charge is 0.222 e. The number of nitrogens with zero attached hydrogens (tertiary/aromatic N) is 3. The summed E-state index contributed by atoms with van der Waals surface area (Å²) < 4.78 is 0. The van der Waals surface area contributed by atoms with Crippen molar-refractivity contribution in [1.82, 2.24) is 14.9 Å². The zero-order valence-electron chi connectivity index (χ0n) is 13.8. The lowest BCUT2D eigenvalue weighted by molar-refractivity contribution is -0.130. The predicted molar refractivity (Wildman–Crippen MR) is 90.2 cm³/mol. The SMILES string of the molecule is Cc1cc(C)nc([C@H]2CCN(C(=O)CCc3ccccc3)C2)n1. The van der Waals surface area contributed by atoms with E-state index in [0.29, 0.717) is 6.42 Å². The van der Waals surface area contributed by atoms with E-state index >= 15 is 0 Å². The zero-order valence-corrected chi connectivity index (χ0v) is 13.8. The van der Waals surface area contributed by atoms with Crippen LogP contribution in [0.2, 0.25) is 0 Å². The molecule has 120 valence electrons. The number of aryl methyl sites for hydroxylation is 3. The molecule has 1 aromatic heterocycles. The maximum atomic E-state index is 12.4. The van der Waals surface area contributed by atoms with Gasteiger partial charge in [-0.25, -0.2) is 9.97 Å². The molecule has 4 heteroatoms. The molecule has 0 unspecified atom stereocenters. The van der Waals surface area contributed by atoms with Crippen molar-refractivity contribution in [3.05, 3.63) is 59.2 Å². The Hall–Kier alpha value is -2.23. The third-order valence-electron chi connectivity index (χ3n) is 4.38. The highest BCUT2D eigenvalue weighted by Crippen LogP contribution is 2.25. The first kappa shape index (κ1) is 15.7. The standard InChI is InChI=1S/C19H23N3O/c1-14-12-15(2)21-19(20-14)17-10-11-22(13-17)18(23)9-8-16-6-4-3-5-7-16/h3-7,12,17H,8-11,13H2,1-2H3/t17-/m0/s1. The monoisotopic (exact) mass is 309 g/mol. The van der Waals surface area contributed by atoms with E-state index in [1.54, 1.807) is 0 Å². The highest BCUT2D eigenvalue weighted by molar-refractivity contribution is 5.76. The maximum absolute atomic E-state index is 12.4. The molecule has 1 fully saturated rings. The van der Waals surface area contributed by atoms with Gasteiger partial charge >= 0.3 is 0 Å². The number of hydrogen-bond donors (Lipinski definition) is 0. The molecule has 0 saturated carbocycles. The largest absolute Gasteiger partial charge is 0.342 e. The number of rotatable bonds is 4. The van der Waals surface area contributed by atoms with Gasteiger partial charge in [0.2, 0.25) is 5.91 Å². The quantitative estimate of drug-likeness (QED) is 0.872. The summed E-state index contributed by atoms with van der Waals surface area (Å²) in [4.78, 5) is 23.5. The van der Waals surface area contributed by atoms with Crippen molar-refractivity contribution in [3.63, 3.8) is 0 Å². The third kappa shape index (κ3) is 3.95. The molecule has 2 heterocycles. The molecule has 3 rings (SSSR count). The van der Waals surface area contributed by atoms with Crippen LogP contribution in [0.25, 0.3) is 0 Å². The fraction of sp³-hybridized carbons (Fsp3) is 0.421. The van der Waals surface area contributed by atoms with Crippen molar-refractivity contribution < 1.29 is 4.79 Å². The average Bonchev–Trinajstić information content (AvgIpc) is 3.03. The number of hydrogen-bond acceptors (Lipinski definition) is 3. The molecule has 0 radical (unpaired) electrons. The molecule has 1 atom stereocenters. The van der Waals surface area contributed by atoms with Crippen LogP contribution >= 0.6 is 0 Å². The van der Waals surface area contributed by atoms with Gasteiger partial charge in [-0.05, 0) is 38.3 Å². The van der Waals surface area contributed by atoms with Crippen LogP contribution in [-0.2, 0) is 11.2 Å². The van der Waals surface area contributed by atoms with Crippen LogP contribution in [0.3, 0.4) is 0 Å². The Morgan fingerprint density at radius 2 is 1.87 bits per heavy atom. The molecular formula is C19H23N3O. The van der Waals surface area contributed by atoms with Crippen molar-refractivity contribution in [2.45, 2.75) is 39.0 Å². The predicted octanol–water partition coefficient (Wildman–Crippen LogP) is 3.04. The lowest BCUT2D eigenvalue weighted by Crippen LogP contribution is -2.28. The first-order valence-electron chi connectivity index (χ1n) is 8.25. The van der Waals surface area contributed by atoms with Crippen molar-refractivity contribution in [2.24, 2.45) is 0 Å². The normalized spacial score (nSPS) is 17.5. The van der Waals surface area contributed by atoms with Gasteiger partial charge in [0, 0.05) is 36.8 Å². The summed E-state index contributed by atoms with van der Waals surface area (Å²) in [6, 6.07) is 12.2. The topological polar surface area (TPSA) is 46.1 Å². The summed E-state index contributed by atoms with van der Waals surface area (Å²) in [6.07, 6.45) is 2.34. The Kier molecular flexibility index (Phi) is 4.70. The summed E-state index contributed by atoms with van der Waals surface area (Å²) in [5, 5.41) is 0. The molecule has 0 spiro atoms. The van der Waals surface area contributed by atoms with Gasteiger partial charge in [-0.1, -0.05) is 30.3 Å². The minimum Gasteiger partial charge on any atom is -0.342 e. The zero-order chi connectivity index (χ0) is 16.2. The van der Waals surface area contributed by atoms with Gasteiger partial charge in [-0.15, -0.1) is 0 Å². The summed E-state index contributed by atoms with van der Waals surface area (Å²) >= 11 is 0. The second-order valence-corrected chi connectivity index (χ2v) is 6.32. The molecule has 1 saturated heterocycles. The second-order valence-electron chi connectivity index (χ2n) is 6.32. The summed E-state index contributed by atoms with van der Waals surface area (Å²) in [5.41, 5.74) is 3.22. The molecule has 1 aromatic carbocycles. The first-order valence-corrected chi connectivity index (χ1v) is 8.25. The lowest BCUT2D eigenvalue weighted by Gasteiger charge is -2.16. The second kappa shape index (κ2) is 6.90. The minimum absolute atomic E-state index is 0.237. The molecule has 4 nitrogen and oxygen atoms in total. The Labute approximate surface area is 137 Å². The number of amides is 1. The Balaban J connectivity index is 1.57. The van der Waals surface area contributed by atoms with E-state index in [9.17, 15) is 4.79 Å². The molecule has 2 aromatic rings. The van der Waals surface area contributed by atoms with E-state index in [1.807, 2.05) is 43.0 Å². The number of benzene rings is 1. The van der Waals surface area contributed by atoms with Gasteiger partial charge in [0.25, 0.3) is 0 Å². The first-order chi connectivity index (χ1) is 11.1. The molecule has 23 heavy (non-hydrogen) atoms. The molecule has 1 aliphatic rings. The molecule has 1 aliphatic heterocycles. The van der Waals surface area contributed by atoms with Gasteiger partial charge in [-0.3, -0.25) is 4.79 Å². The van der Waals surface area contributed by atoms with Gasteiger partial charge in [0.05, 0.1) is 0 Å². The van der Waals surface area contributed by atoms with Crippen molar-refractivity contribution in [3.8, 4) is 0 Å². The van der Waals surface area contributed by atoms with Gasteiger partial charge in [0.15, 0.2) is 0 Å². The fourth-order valence-corrected chi connectivity index (χ4v) is 3.19. The van der Waals surface area contributed by atoms with E-state index < -0.39 is 0 Å². The number of aromatic nitrogens is 2. The summed E-state index contributed by atoms with van der Waals surface area (Å²) in [5.74, 6) is 1.40. The fourth-order valence-electron chi connectivity index (χ4n) is 3.19. The number of carbonyl (C=O) groups excluding carboxylic acids is 1. The van der Waals surface area contributed by atoms with E-state index in [2.05, 4.69) is 22.1 Å². The van der Waals surface area contributed by atoms with Gasteiger partial charge < -0.3 is 4.90 Å². The van der Waals surface area contributed by atoms with Gasteiger partial charge in [0.1, 0.15) is 5.82 Å². The van der Waals surface area contributed by atoms with Crippen molar-refractivity contribution >= 4 is 5.91 Å². The van der Waals surface area contributed by atoms with Gasteiger partial charge in [-0.2, -0.15) is 0 Å². The van der Waals surface area contributed by atoms with E-state index in [0.717, 1.165) is 43.1 Å². The Morgan fingerprint density at radius 3 is 2.57 bits per heavy atom. The van der Waals surface area contributed by atoms with Crippen LogP contribution in [0.1, 0.15) is 41.5 Å². The minimum atomic E-state index is 0.237. The molecule has 0 bridgehead atoms. The highest BCUT2D eigenvalue weighted by atomic mass is 16.2. The van der Waals surface area contributed by atoms with Crippen LogP contribution in [0.5, 0.6) is 0 Å². The Morgan fingerprint density at radius 1 is 1.17 bits per heavy atom. The van der Waals surface area contributed by atoms with E-state index in [4.69, 9.17) is 0 Å². The maximum Gasteiger partial charge on any atom is 0.222 e. The van der Waals surface area contributed by atoms with Crippen LogP contribution in [-0.4, -0.2) is 33.9 Å². The Bertz CT molecular complexity index is 664. The molecule has 0 aliphatic carbocycles. The van der Waals surface area contributed by atoms with Crippen LogP contribution in [0.15, 0.2) is 36.4 Å². The highest BCUT2D eigenvalue weighted by Gasteiger charge is 2.28. The lowest BCUT2D eigenvalue weighted by atomic mass is 10.1. The van der Waals surface area contributed by atoms with Crippen LogP contribution in [0.4, 0.5) is 0 Å². The molecule has 1 amide bonds. The van der Waals surface area contributed by atoms with Crippen molar-refractivity contribution in [2.75, 3.05) is 13.1 Å². The molecule has 0 N–H and O–H groups in total. The van der Waals surface area contributed by atoms with E-state index in [-0.39, 0.29) is 11.8 Å². The van der Waals surface area contributed by atoms with E-state index in [1.165, 1.54) is 5.56 Å². The number of likely N-dealkylation sites (tertiary alicyclic amines) is 1. The average molecular weight is 309 g/mol. The summed E-state index contributed by atoms with van der Waals surface area (Å²) in [6.45, 7) is 5.55.